The summed E-state index contributed by atoms with van der Waals surface area (Å²) in [5.74, 6) is -0.214. The summed E-state index contributed by atoms with van der Waals surface area (Å²) in [6.45, 7) is 1.92. The summed E-state index contributed by atoms with van der Waals surface area (Å²) >= 11 is 6.63. The van der Waals surface area contributed by atoms with Crippen LogP contribution in [0.5, 0.6) is 0 Å². The lowest BCUT2D eigenvalue weighted by Crippen LogP contribution is -2.32. The van der Waals surface area contributed by atoms with E-state index in [0.717, 1.165) is 14.5 Å². The molecule has 25 heavy (non-hydrogen) atoms. The Bertz CT molecular complexity index is 822. The number of rotatable bonds is 7. The van der Waals surface area contributed by atoms with Crippen LogP contribution in [0, 0.1) is 0 Å². The highest BCUT2D eigenvalue weighted by atomic mass is 79.9. The van der Waals surface area contributed by atoms with Crippen molar-refractivity contribution < 1.29 is 13.2 Å². The quantitative estimate of drug-likeness (QED) is 0.621. The molecule has 2 aromatic carbocycles. The molecule has 0 radical (unpaired) electrons. The molecule has 2 N–H and O–H groups in total. The Morgan fingerprint density at radius 1 is 1.00 bits per heavy atom. The van der Waals surface area contributed by atoms with Gasteiger partial charge in [0.15, 0.2) is 0 Å². The van der Waals surface area contributed by atoms with Crippen LogP contribution in [0.2, 0.25) is 0 Å². The van der Waals surface area contributed by atoms with Gasteiger partial charge in [-0.25, -0.2) is 13.1 Å². The Kier molecular flexibility index (Phi) is 7.18. The Hall–Kier alpha value is -1.22. The van der Waals surface area contributed by atoms with Gasteiger partial charge in [0.05, 0.1) is 10.9 Å². The summed E-state index contributed by atoms with van der Waals surface area (Å²) in [5, 5.41) is 2.85. The Morgan fingerprint density at radius 3 is 2.08 bits per heavy atom. The van der Waals surface area contributed by atoms with Crippen molar-refractivity contribution in [2.24, 2.45) is 0 Å². The van der Waals surface area contributed by atoms with Crippen molar-refractivity contribution in [1.82, 2.24) is 10.0 Å². The van der Waals surface area contributed by atoms with Gasteiger partial charge in [0.2, 0.25) is 15.9 Å². The van der Waals surface area contributed by atoms with Gasteiger partial charge in [0, 0.05) is 21.9 Å². The first kappa shape index (κ1) is 20.1. The maximum atomic E-state index is 12.1. The first-order valence-electron chi connectivity index (χ1n) is 7.58. The second-order valence-electron chi connectivity index (χ2n) is 5.44. The van der Waals surface area contributed by atoms with Crippen LogP contribution in [0.1, 0.15) is 24.9 Å². The average molecular weight is 490 g/mol. The van der Waals surface area contributed by atoms with Gasteiger partial charge in [-0.1, -0.05) is 44.0 Å². The van der Waals surface area contributed by atoms with Gasteiger partial charge in [-0.2, -0.15) is 0 Å². The molecular formula is C17H18Br2N2O3S. The van der Waals surface area contributed by atoms with E-state index in [1.807, 2.05) is 31.2 Å². The molecule has 0 spiro atoms. The maximum Gasteiger partial charge on any atom is 0.240 e. The van der Waals surface area contributed by atoms with E-state index in [0.29, 0.717) is 0 Å². The molecule has 1 atom stereocenters. The number of carbonyl (C=O) groups excluding carboxylic acids is 1. The zero-order valence-corrected chi connectivity index (χ0v) is 17.5. The van der Waals surface area contributed by atoms with Crippen molar-refractivity contribution in [3.63, 3.8) is 0 Å². The molecule has 0 aliphatic carbocycles. The summed E-state index contributed by atoms with van der Waals surface area (Å²) in [5.41, 5.74) is 0.979. The topological polar surface area (TPSA) is 75.3 Å². The second-order valence-corrected chi connectivity index (χ2v) is 9.04. The van der Waals surface area contributed by atoms with Crippen LogP contribution in [0.4, 0.5) is 0 Å². The van der Waals surface area contributed by atoms with Crippen molar-refractivity contribution in [1.29, 1.82) is 0 Å². The molecule has 0 fully saturated rings. The van der Waals surface area contributed by atoms with Crippen LogP contribution in [0.3, 0.4) is 0 Å². The van der Waals surface area contributed by atoms with Crippen LogP contribution < -0.4 is 10.0 Å². The fraction of sp³-hybridized carbons (Fsp3) is 0.235. The van der Waals surface area contributed by atoms with Crippen molar-refractivity contribution in [3.8, 4) is 0 Å². The van der Waals surface area contributed by atoms with E-state index in [1.165, 1.54) is 12.1 Å². The SMILES string of the molecule is CC(NC(=O)CCNS(=O)(=O)c1ccc(Br)cc1)c1ccc(Br)cc1. The monoisotopic (exact) mass is 488 g/mol. The van der Waals surface area contributed by atoms with Crippen LogP contribution >= 0.6 is 31.9 Å². The summed E-state index contributed by atoms with van der Waals surface area (Å²) < 4.78 is 28.5. The van der Waals surface area contributed by atoms with Crippen molar-refractivity contribution in [2.45, 2.75) is 24.3 Å². The standard InChI is InChI=1S/C17H18Br2N2O3S/c1-12(13-2-4-14(18)5-3-13)21-17(22)10-11-20-25(23,24)16-8-6-15(19)7-9-16/h2-9,12,20H,10-11H2,1H3,(H,21,22). The molecular weight excluding hydrogens is 472 g/mol. The number of hydrogen-bond acceptors (Lipinski definition) is 3. The highest BCUT2D eigenvalue weighted by Crippen LogP contribution is 2.17. The minimum absolute atomic E-state index is 0.0390. The number of sulfonamides is 1. The molecule has 8 heteroatoms. The summed E-state index contributed by atoms with van der Waals surface area (Å²) in [7, 11) is -3.61. The molecule has 5 nitrogen and oxygen atoms in total. The van der Waals surface area contributed by atoms with Crippen LogP contribution in [-0.2, 0) is 14.8 Å². The number of carbonyl (C=O) groups is 1. The van der Waals surface area contributed by atoms with Crippen LogP contribution in [-0.4, -0.2) is 20.9 Å². The smallest absolute Gasteiger partial charge is 0.240 e. The van der Waals surface area contributed by atoms with E-state index in [-0.39, 0.29) is 29.8 Å². The zero-order valence-electron chi connectivity index (χ0n) is 13.5. The molecule has 1 amide bonds. The second kappa shape index (κ2) is 8.93. The van der Waals surface area contributed by atoms with E-state index in [1.54, 1.807) is 12.1 Å². The van der Waals surface area contributed by atoms with Gasteiger partial charge in [0.25, 0.3) is 0 Å². The summed E-state index contributed by atoms with van der Waals surface area (Å²) in [4.78, 5) is 12.2. The largest absolute Gasteiger partial charge is 0.350 e. The van der Waals surface area contributed by atoms with E-state index >= 15 is 0 Å². The predicted octanol–water partition coefficient (Wildman–Crippen LogP) is 3.76. The maximum absolute atomic E-state index is 12.1. The van der Waals surface area contributed by atoms with Gasteiger partial charge in [0.1, 0.15) is 0 Å². The van der Waals surface area contributed by atoms with E-state index in [2.05, 4.69) is 41.9 Å². The van der Waals surface area contributed by atoms with E-state index < -0.39 is 10.0 Å². The average Bonchev–Trinajstić information content (AvgIpc) is 2.55. The number of hydrogen-bond donors (Lipinski definition) is 2. The fourth-order valence-electron chi connectivity index (χ4n) is 2.14. The van der Waals surface area contributed by atoms with E-state index in [9.17, 15) is 13.2 Å². The molecule has 134 valence electrons. The summed E-state index contributed by atoms with van der Waals surface area (Å²) in [6, 6.07) is 13.8. The lowest BCUT2D eigenvalue weighted by molar-refractivity contribution is -0.121. The molecule has 2 rings (SSSR count). The lowest BCUT2D eigenvalue weighted by atomic mass is 10.1. The minimum Gasteiger partial charge on any atom is -0.350 e. The van der Waals surface area contributed by atoms with Gasteiger partial charge >= 0.3 is 0 Å². The molecule has 0 aliphatic heterocycles. The number of nitrogens with one attached hydrogen (secondary N) is 2. The van der Waals surface area contributed by atoms with Gasteiger partial charge in [-0.05, 0) is 48.9 Å². The Balaban J connectivity index is 1.83. The predicted molar refractivity (Wildman–Crippen MR) is 105 cm³/mol. The van der Waals surface area contributed by atoms with Crippen molar-refractivity contribution in [2.75, 3.05) is 6.54 Å². The van der Waals surface area contributed by atoms with Crippen LogP contribution in [0.15, 0.2) is 62.4 Å². The third kappa shape index (κ3) is 6.22. The Labute approximate surface area is 164 Å². The first-order valence-corrected chi connectivity index (χ1v) is 10.6. The molecule has 0 saturated heterocycles. The van der Waals surface area contributed by atoms with Gasteiger partial charge in [-0.15, -0.1) is 0 Å². The Morgan fingerprint density at radius 2 is 1.52 bits per heavy atom. The molecule has 0 saturated carbocycles. The molecule has 0 bridgehead atoms. The molecule has 2 aromatic rings. The highest BCUT2D eigenvalue weighted by molar-refractivity contribution is 9.10. The number of halogens is 2. The normalized spacial score (nSPS) is 12.6. The molecule has 1 unspecified atom stereocenters. The third-order valence-electron chi connectivity index (χ3n) is 3.52. The van der Waals surface area contributed by atoms with Gasteiger partial charge < -0.3 is 5.32 Å². The molecule has 0 aliphatic rings. The lowest BCUT2D eigenvalue weighted by Gasteiger charge is -2.14. The fourth-order valence-corrected chi connectivity index (χ4v) is 3.70. The first-order chi connectivity index (χ1) is 11.8. The highest BCUT2D eigenvalue weighted by Gasteiger charge is 2.15. The number of amides is 1. The zero-order chi connectivity index (χ0) is 18.4. The van der Waals surface area contributed by atoms with Crippen molar-refractivity contribution in [3.05, 3.63) is 63.0 Å². The summed E-state index contributed by atoms with van der Waals surface area (Å²) in [6.07, 6.45) is 0.0661. The van der Waals surface area contributed by atoms with Crippen LogP contribution in [0.25, 0.3) is 0 Å². The number of benzene rings is 2. The molecule has 0 heterocycles. The van der Waals surface area contributed by atoms with E-state index in [4.69, 9.17) is 0 Å². The minimum atomic E-state index is -3.61. The third-order valence-corrected chi connectivity index (χ3v) is 6.05. The van der Waals surface area contributed by atoms with Gasteiger partial charge in [-0.3, -0.25) is 4.79 Å². The van der Waals surface area contributed by atoms with Crippen molar-refractivity contribution >= 4 is 47.8 Å². The molecule has 0 aromatic heterocycles.